The summed E-state index contributed by atoms with van der Waals surface area (Å²) >= 11 is 3.37. The van der Waals surface area contributed by atoms with Gasteiger partial charge >= 0.3 is 0 Å². The van der Waals surface area contributed by atoms with Gasteiger partial charge in [0.05, 0.1) is 22.8 Å². The predicted octanol–water partition coefficient (Wildman–Crippen LogP) is 3.30. The molecule has 0 atom stereocenters. The number of carbonyl (C=O) groups is 1. The van der Waals surface area contributed by atoms with Crippen LogP contribution in [0.1, 0.15) is 29.9 Å². The Morgan fingerprint density at radius 2 is 2.11 bits per heavy atom. The highest BCUT2D eigenvalue weighted by atomic mass is 79.9. The Bertz CT molecular complexity index is 593. The Morgan fingerprint density at radius 1 is 1.37 bits per heavy atom. The third-order valence-corrected chi connectivity index (χ3v) is 3.32. The van der Waals surface area contributed by atoms with Crippen LogP contribution in [0.2, 0.25) is 0 Å². The SMILES string of the molecule is CCOc1ccccc1C(=O)c1c(Br)cnn1CC. The summed E-state index contributed by atoms with van der Waals surface area (Å²) in [5.41, 5.74) is 1.11. The van der Waals surface area contributed by atoms with Gasteiger partial charge in [0.15, 0.2) is 0 Å². The Labute approximate surface area is 120 Å². The summed E-state index contributed by atoms with van der Waals surface area (Å²) < 4.78 is 7.88. The molecule has 0 amide bonds. The number of rotatable bonds is 5. The minimum absolute atomic E-state index is 0.0877. The van der Waals surface area contributed by atoms with Crippen LogP contribution < -0.4 is 4.74 Å². The molecule has 0 aliphatic carbocycles. The molecule has 0 bridgehead atoms. The van der Waals surface area contributed by atoms with E-state index in [0.29, 0.717) is 34.6 Å². The summed E-state index contributed by atoms with van der Waals surface area (Å²) in [7, 11) is 0. The molecule has 0 unspecified atom stereocenters. The van der Waals surface area contributed by atoms with Crippen molar-refractivity contribution in [3.63, 3.8) is 0 Å². The van der Waals surface area contributed by atoms with Crippen LogP contribution in [-0.2, 0) is 6.54 Å². The summed E-state index contributed by atoms with van der Waals surface area (Å²) in [5.74, 6) is 0.515. The number of hydrogen-bond acceptors (Lipinski definition) is 3. The van der Waals surface area contributed by atoms with E-state index in [1.165, 1.54) is 0 Å². The molecular weight excluding hydrogens is 308 g/mol. The summed E-state index contributed by atoms with van der Waals surface area (Å²) in [6, 6.07) is 7.26. The van der Waals surface area contributed by atoms with Gasteiger partial charge in [0, 0.05) is 6.54 Å². The van der Waals surface area contributed by atoms with E-state index in [0.717, 1.165) is 0 Å². The first-order chi connectivity index (χ1) is 9.19. The molecule has 19 heavy (non-hydrogen) atoms. The van der Waals surface area contributed by atoms with Crippen LogP contribution in [-0.4, -0.2) is 22.2 Å². The van der Waals surface area contributed by atoms with Gasteiger partial charge in [-0.25, -0.2) is 0 Å². The van der Waals surface area contributed by atoms with Gasteiger partial charge in [-0.2, -0.15) is 5.10 Å². The highest BCUT2D eigenvalue weighted by molar-refractivity contribution is 9.10. The fourth-order valence-electron chi connectivity index (χ4n) is 1.89. The van der Waals surface area contributed by atoms with Crippen molar-refractivity contribution in [1.82, 2.24) is 9.78 Å². The molecule has 2 aromatic rings. The second-order valence-electron chi connectivity index (χ2n) is 3.92. The third-order valence-electron chi connectivity index (χ3n) is 2.74. The number of nitrogens with zero attached hydrogens (tertiary/aromatic N) is 2. The average Bonchev–Trinajstić information content (AvgIpc) is 2.80. The van der Waals surface area contributed by atoms with Gasteiger partial charge in [0.1, 0.15) is 11.4 Å². The first-order valence-corrected chi connectivity index (χ1v) is 6.96. The molecule has 0 spiro atoms. The van der Waals surface area contributed by atoms with Gasteiger partial charge in [-0.3, -0.25) is 9.48 Å². The topological polar surface area (TPSA) is 44.1 Å². The standard InChI is InChI=1S/C14H15BrN2O2/c1-3-17-13(11(15)9-16-17)14(18)10-7-5-6-8-12(10)19-4-2/h5-9H,3-4H2,1-2H3. The lowest BCUT2D eigenvalue weighted by molar-refractivity contribution is 0.102. The van der Waals surface area contributed by atoms with E-state index in [4.69, 9.17) is 4.74 Å². The first-order valence-electron chi connectivity index (χ1n) is 6.16. The maximum absolute atomic E-state index is 12.6. The molecule has 1 aromatic heterocycles. The number of carbonyl (C=O) groups excluding carboxylic acids is 1. The Hall–Kier alpha value is -1.62. The van der Waals surface area contributed by atoms with Crippen molar-refractivity contribution >= 4 is 21.7 Å². The van der Waals surface area contributed by atoms with Gasteiger partial charge in [-0.05, 0) is 41.9 Å². The van der Waals surface area contributed by atoms with E-state index in [-0.39, 0.29) is 5.78 Å². The number of para-hydroxylation sites is 1. The lowest BCUT2D eigenvalue weighted by Gasteiger charge is -2.10. The van der Waals surface area contributed by atoms with Crippen molar-refractivity contribution in [1.29, 1.82) is 0 Å². The normalized spacial score (nSPS) is 10.5. The summed E-state index contributed by atoms with van der Waals surface area (Å²) in [4.78, 5) is 12.6. The van der Waals surface area contributed by atoms with E-state index in [9.17, 15) is 4.79 Å². The van der Waals surface area contributed by atoms with Crippen molar-refractivity contribution in [2.45, 2.75) is 20.4 Å². The fraction of sp³-hybridized carbons (Fsp3) is 0.286. The van der Waals surface area contributed by atoms with E-state index >= 15 is 0 Å². The van der Waals surface area contributed by atoms with Crippen LogP contribution in [0.4, 0.5) is 0 Å². The van der Waals surface area contributed by atoms with Crippen LogP contribution in [0.25, 0.3) is 0 Å². The summed E-state index contributed by atoms with van der Waals surface area (Å²) in [5, 5.41) is 4.16. The highest BCUT2D eigenvalue weighted by Gasteiger charge is 2.21. The molecule has 0 aliphatic heterocycles. The summed E-state index contributed by atoms with van der Waals surface area (Å²) in [6.07, 6.45) is 1.64. The van der Waals surface area contributed by atoms with Crippen LogP contribution >= 0.6 is 15.9 Å². The molecule has 0 radical (unpaired) electrons. The van der Waals surface area contributed by atoms with Crippen molar-refractivity contribution in [2.24, 2.45) is 0 Å². The molecule has 0 saturated heterocycles. The Balaban J connectivity index is 2.47. The number of benzene rings is 1. The molecule has 2 rings (SSSR count). The number of aryl methyl sites for hydroxylation is 1. The van der Waals surface area contributed by atoms with Gasteiger partial charge in [-0.1, -0.05) is 12.1 Å². The van der Waals surface area contributed by atoms with Gasteiger partial charge in [0.25, 0.3) is 0 Å². The monoisotopic (exact) mass is 322 g/mol. The quantitative estimate of drug-likeness (QED) is 0.793. The lowest BCUT2D eigenvalue weighted by atomic mass is 10.1. The molecule has 1 heterocycles. The van der Waals surface area contributed by atoms with Gasteiger partial charge in [-0.15, -0.1) is 0 Å². The number of ketones is 1. The summed E-state index contributed by atoms with van der Waals surface area (Å²) in [6.45, 7) is 5.01. The molecule has 0 fully saturated rings. The molecule has 4 nitrogen and oxygen atoms in total. The van der Waals surface area contributed by atoms with Crippen molar-refractivity contribution in [3.8, 4) is 5.75 Å². The first kappa shape index (κ1) is 13.8. The van der Waals surface area contributed by atoms with Crippen molar-refractivity contribution < 1.29 is 9.53 Å². The largest absolute Gasteiger partial charge is 0.493 e. The molecular formula is C14H15BrN2O2. The lowest BCUT2D eigenvalue weighted by Crippen LogP contribution is -2.12. The maximum atomic E-state index is 12.6. The minimum atomic E-state index is -0.0877. The van der Waals surface area contributed by atoms with Crippen molar-refractivity contribution in [2.75, 3.05) is 6.61 Å². The Kier molecular flexibility index (Phi) is 4.37. The molecule has 0 aliphatic rings. The van der Waals surface area contributed by atoms with Gasteiger partial charge in [0.2, 0.25) is 5.78 Å². The maximum Gasteiger partial charge on any atom is 0.215 e. The molecule has 5 heteroatoms. The van der Waals surface area contributed by atoms with E-state index in [2.05, 4.69) is 21.0 Å². The minimum Gasteiger partial charge on any atom is -0.493 e. The van der Waals surface area contributed by atoms with Crippen LogP contribution in [0.3, 0.4) is 0 Å². The average molecular weight is 323 g/mol. The number of ether oxygens (including phenoxy) is 1. The van der Waals surface area contributed by atoms with E-state index < -0.39 is 0 Å². The zero-order valence-electron chi connectivity index (χ0n) is 10.9. The molecule has 0 N–H and O–H groups in total. The zero-order valence-corrected chi connectivity index (χ0v) is 12.5. The van der Waals surface area contributed by atoms with Crippen molar-refractivity contribution in [3.05, 3.63) is 46.2 Å². The second kappa shape index (κ2) is 6.02. The third kappa shape index (κ3) is 2.71. The smallest absolute Gasteiger partial charge is 0.215 e. The molecule has 0 saturated carbocycles. The zero-order chi connectivity index (χ0) is 13.8. The number of halogens is 1. The number of aromatic nitrogens is 2. The predicted molar refractivity (Wildman–Crippen MR) is 76.6 cm³/mol. The highest BCUT2D eigenvalue weighted by Crippen LogP contribution is 2.25. The van der Waals surface area contributed by atoms with Gasteiger partial charge < -0.3 is 4.74 Å². The molecule has 1 aromatic carbocycles. The fourth-order valence-corrected chi connectivity index (χ4v) is 2.37. The van der Waals surface area contributed by atoms with E-state index in [1.54, 1.807) is 23.0 Å². The Morgan fingerprint density at radius 3 is 2.79 bits per heavy atom. The van der Waals surface area contributed by atoms with E-state index in [1.807, 2.05) is 26.0 Å². The van der Waals surface area contributed by atoms with Crippen LogP contribution in [0, 0.1) is 0 Å². The number of hydrogen-bond donors (Lipinski definition) is 0. The van der Waals surface area contributed by atoms with Crippen LogP contribution in [0.5, 0.6) is 5.75 Å². The second-order valence-corrected chi connectivity index (χ2v) is 4.77. The van der Waals surface area contributed by atoms with Crippen LogP contribution in [0.15, 0.2) is 34.9 Å². The molecule has 100 valence electrons.